The summed E-state index contributed by atoms with van der Waals surface area (Å²) in [6.07, 6.45) is 0.930. The molecule has 0 amide bonds. The highest BCUT2D eigenvalue weighted by atomic mass is 35.5. The number of halogens is 2. The lowest BCUT2D eigenvalue weighted by Crippen LogP contribution is -2.23. The molecule has 2 aromatic rings. The van der Waals surface area contributed by atoms with E-state index in [0.717, 1.165) is 25.5 Å². The second-order valence-electron chi connectivity index (χ2n) is 5.04. The van der Waals surface area contributed by atoms with Crippen molar-refractivity contribution in [2.45, 2.75) is 9.79 Å². The van der Waals surface area contributed by atoms with E-state index in [1.54, 1.807) is 4.89 Å². The van der Waals surface area contributed by atoms with Gasteiger partial charge in [-0.25, -0.2) is 16.8 Å². The zero-order valence-electron chi connectivity index (χ0n) is 13.5. The van der Waals surface area contributed by atoms with Crippen LogP contribution in [0, 0.1) is 0 Å². The van der Waals surface area contributed by atoms with Crippen molar-refractivity contribution >= 4 is 48.7 Å². The molecule has 2 aromatic carbocycles. The number of nitrogens with two attached hydrogens (primary N) is 1. The minimum absolute atomic E-state index is 0.0434. The normalized spacial score (nSPS) is 12.2. The van der Waals surface area contributed by atoms with Crippen LogP contribution in [0.2, 0.25) is 10.0 Å². The van der Waals surface area contributed by atoms with Crippen molar-refractivity contribution in [2.24, 2.45) is 0 Å². The van der Waals surface area contributed by atoms with Gasteiger partial charge in [-0.15, -0.1) is 0 Å². The van der Waals surface area contributed by atoms with Crippen LogP contribution in [0.1, 0.15) is 0 Å². The molecule has 0 spiro atoms. The van der Waals surface area contributed by atoms with Gasteiger partial charge in [0.25, 0.3) is 10.0 Å². The predicted molar refractivity (Wildman–Crippen MR) is 97.8 cm³/mol. The molecule has 0 bridgehead atoms. The summed E-state index contributed by atoms with van der Waals surface area (Å²) in [6, 6.07) is 6.33. The quantitative estimate of drug-likeness (QED) is 0.522. The highest BCUT2D eigenvalue weighted by Crippen LogP contribution is 2.40. The van der Waals surface area contributed by atoms with Crippen molar-refractivity contribution < 1.29 is 26.4 Å². The molecule has 0 saturated heterocycles. The number of benzene rings is 2. The fraction of sp³-hybridized carbons (Fsp3) is 0.143. The van der Waals surface area contributed by atoms with Crippen LogP contribution in [-0.4, -0.2) is 30.2 Å². The van der Waals surface area contributed by atoms with E-state index in [9.17, 15) is 16.8 Å². The Morgan fingerprint density at radius 2 is 1.65 bits per heavy atom. The molecule has 8 nitrogen and oxygen atoms in total. The highest BCUT2D eigenvalue weighted by Gasteiger charge is 2.26. The maximum Gasteiger partial charge on any atom is 0.264 e. The molecule has 0 unspecified atom stereocenters. The number of sulfone groups is 1. The van der Waals surface area contributed by atoms with Gasteiger partial charge in [0, 0.05) is 11.3 Å². The van der Waals surface area contributed by atoms with Gasteiger partial charge in [0.05, 0.1) is 17.8 Å². The van der Waals surface area contributed by atoms with Crippen LogP contribution in [0.3, 0.4) is 0 Å². The molecule has 12 heteroatoms. The lowest BCUT2D eigenvalue weighted by molar-refractivity contribution is 0.153. The molecule has 0 aliphatic heterocycles. The van der Waals surface area contributed by atoms with Gasteiger partial charge in [0.15, 0.2) is 15.6 Å². The number of nitrogens with one attached hydrogen (secondary N) is 1. The van der Waals surface area contributed by atoms with Gasteiger partial charge in [-0.05, 0) is 30.3 Å². The monoisotopic (exact) mass is 440 g/mol. The van der Waals surface area contributed by atoms with E-state index in [0.29, 0.717) is 5.02 Å². The van der Waals surface area contributed by atoms with Gasteiger partial charge in [-0.2, -0.15) is 0 Å². The Balaban J connectivity index is 2.71. The van der Waals surface area contributed by atoms with Gasteiger partial charge >= 0.3 is 0 Å². The number of anilines is 1. The van der Waals surface area contributed by atoms with Crippen molar-refractivity contribution in [3.05, 3.63) is 40.4 Å². The largest absolute Gasteiger partial charge is 0.452 e. The summed E-state index contributed by atoms with van der Waals surface area (Å²) in [6.45, 7) is 0. The summed E-state index contributed by atoms with van der Waals surface area (Å²) in [5.41, 5.74) is 5.46. The van der Waals surface area contributed by atoms with Crippen LogP contribution >= 0.6 is 23.2 Å². The Hall–Kier alpha value is -1.56. The van der Waals surface area contributed by atoms with E-state index < -0.39 is 30.4 Å². The Morgan fingerprint density at radius 3 is 2.19 bits per heavy atom. The predicted octanol–water partition coefficient (Wildman–Crippen LogP) is 2.61. The molecule has 2 rings (SSSR count). The zero-order valence-corrected chi connectivity index (χ0v) is 16.6. The van der Waals surface area contributed by atoms with Crippen LogP contribution in [0.25, 0.3) is 0 Å². The van der Waals surface area contributed by atoms with Crippen molar-refractivity contribution in [3.63, 3.8) is 0 Å². The van der Waals surface area contributed by atoms with Crippen LogP contribution in [-0.2, 0) is 24.7 Å². The van der Waals surface area contributed by atoms with Gasteiger partial charge in [-0.3, -0.25) is 4.84 Å². The third kappa shape index (κ3) is 4.40. The minimum atomic E-state index is -4.16. The summed E-state index contributed by atoms with van der Waals surface area (Å²) in [4.78, 5) is 5.47. The number of ether oxygens (including phenoxy) is 1. The van der Waals surface area contributed by atoms with Crippen LogP contribution < -0.4 is 15.4 Å². The SMILES string of the molecule is CONS(=O)(=O)c1ccc(S(C)(=O)=O)c(Oc2ccc(Cl)cc2Cl)c1N. The number of nitrogen functional groups attached to an aromatic ring is 1. The van der Waals surface area contributed by atoms with Crippen molar-refractivity contribution in [2.75, 3.05) is 19.1 Å². The summed E-state index contributed by atoms with van der Waals surface area (Å²) in [5.74, 6) is -0.336. The molecule has 0 aliphatic carbocycles. The zero-order chi connectivity index (χ0) is 19.7. The molecule has 0 saturated carbocycles. The van der Waals surface area contributed by atoms with Crippen molar-refractivity contribution in [3.8, 4) is 11.5 Å². The van der Waals surface area contributed by atoms with E-state index in [-0.39, 0.29) is 21.4 Å². The lowest BCUT2D eigenvalue weighted by Gasteiger charge is -2.16. The van der Waals surface area contributed by atoms with Crippen molar-refractivity contribution in [1.82, 2.24) is 4.89 Å². The Bertz CT molecular complexity index is 1060. The summed E-state index contributed by atoms with van der Waals surface area (Å²) >= 11 is 11.8. The lowest BCUT2D eigenvalue weighted by atomic mass is 10.3. The second kappa shape index (κ2) is 7.59. The highest BCUT2D eigenvalue weighted by molar-refractivity contribution is 7.91. The molecule has 3 N–H and O–H groups in total. The number of rotatable bonds is 6. The maximum atomic E-state index is 12.2. The van der Waals surface area contributed by atoms with Gasteiger partial charge in [0.2, 0.25) is 0 Å². The van der Waals surface area contributed by atoms with Crippen LogP contribution in [0.5, 0.6) is 11.5 Å². The molecule has 0 aliphatic rings. The molecule has 0 atom stereocenters. The first-order valence-corrected chi connectivity index (χ1v) is 10.9. The Kier molecular flexibility index (Phi) is 6.06. The molecule has 0 aromatic heterocycles. The topological polar surface area (TPSA) is 125 Å². The van der Waals surface area contributed by atoms with E-state index in [1.807, 2.05) is 0 Å². The fourth-order valence-corrected chi connectivity index (χ4v) is 4.20. The standard InChI is InChI=1S/C14H14Cl2N2O6S2/c1-23-18-26(21,22)11-5-6-12(25(2,19)20)14(13(11)17)24-10-4-3-8(15)7-9(10)16/h3-7,18H,17H2,1-2H3. The van der Waals surface area contributed by atoms with Crippen LogP contribution in [0.15, 0.2) is 40.1 Å². The Labute approximate surface area is 160 Å². The molecule has 0 fully saturated rings. The Morgan fingerprint density at radius 1 is 1.04 bits per heavy atom. The molecule has 0 radical (unpaired) electrons. The smallest absolute Gasteiger partial charge is 0.264 e. The summed E-state index contributed by atoms with van der Waals surface area (Å²) in [5, 5.41) is 0.416. The first kappa shape index (κ1) is 20.7. The average molecular weight is 441 g/mol. The van der Waals surface area contributed by atoms with E-state index in [1.165, 1.54) is 18.2 Å². The third-order valence-electron chi connectivity index (χ3n) is 3.11. The first-order valence-electron chi connectivity index (χ1n) is 6.77. The number of hydrogen-bond donors (Lipinski definition) is 2. The average Bonchev–Trinajstić information content (AvgIpc) is 2.50. The van der Waals surface area contributed by atoms with E-state index in [4.69, 9.17) is 33.7 Å². The fourth-order valence-electron chi connectivity index (χ4n) is 2.02. The van der Waals surface area contributed by atoms with Gasteiger partial charge < -0.3 is 10.5 Å². The molecular weight excluding hydrogens is 427 g/mol. The molecule has 0 heterocycles. The van der Waals surface area contributed by atoms with E-state index in [2.05, 4.69) is 4.84 Å². The van der Waals surface area contributed by atoms with Crippen molar-refractivity contribution in [1.29, 1.82) is 0 Å². The number of hydrogen-bond acceptors (Lipinski definition) is 7. The number of sulfonamides is 1. The molecular formula is C14H14Cl2N2O6S2. The second-order valence-corrected chi connectivity index (χ2v) is 9.49. The van der Waals surface area contributed by atoms with Gasteiger partial charge in [0.1, 0.15) is 15.5 Å². The summed E-state index contributed by atoms with van der Waals surface area (Å²) in [7, 11) is -6.85. The summed E-state index contributed by atoms with van der Waals surface area (Å²) < 4.78 is 54.0. The third-order valence-corrected chi connectivity index (χ3v) is 6.08. The first-order chi connectivity index (χ1) is 12.0. The maximum absolute atomic E-state index is 12.2. The molecule has 142 valence electrons. The molecule has 26 heavy (non-hydrogen) atoms. The van der Waals surface area contributed by atoms with Gasteiger partial charge in [-0.1, -0.05) is 28.1 Å². The van der Waals surface area contributed by atoms with Crippen LogP contribution in [0.4, 0.5) is 5.69 Å². The van der Waals surface area contributed by atoms with E-state index >= 15 is 0 Å². The minimum Gasteiger partial charge on any atom is -0.452 e.